The third-order valence-electron chi connectivity index (χ3n) is 3.68. The van der Waals surface area contributed by atoms with Crippen molar-refractivity contribution < 1.29 is 23.4 Å². The minimum Gasteiger partial charge on any atom is -0.493 e. The summed E-state index contributed by atoms with van der Waals surface area (Å²) in [6.45, 7) is 0.341. The highest BCUT2D eigenvalue weighted by atomic mass is 19.1. The summed E-state index contributed by atoms with van der Waals surface area (Å²) < 4.78 is 29.1. The van der Waals surface area contributed by atoms with E-state index in [-0.39, 0.29) is 5.82 Å². The number of carbonyl (C=O) groups excluding carboxylic acids is 1. The number of halogens is 1. The number of benzene rings is 3. The number of carbonyl (C=O) groups is 1. The van der Waals surface area contributed by atoms with E-state index in [1.165, 1.54) is 24.3 Å². The van der Waals surface area contributed by atoms with Crippen LogP contribution in [-0.2, 0) is 6.61 Å². The molecule has 4 nitrogen and oxygen atoms in total. The first kappa shape index (κ1) is 17.5. The van der Waals surface area contributed by atoms with Crippen LogP contribution in [0.25, 0.3) is 0 Å². The van der Waals surface area contributed by atoms with E-state index in [0.29, 0.717) is 29.4 Å². The van der Waals surface area contributed by atoms with E-state index in [0.717, 1.165) is 5.56 Å². The number of rotatable bonds is 6. The summed E-state index contributed by atoms with van der Waals surface area (Å²) in [5.74, 6) is 0.708. The molecule has 0 aliphatic heterocycles. The average Bonchev–Trinajstić information content (AvgIpc) is 2.68. The Hall–Kier alpha value is -3.34. The van der Waals surface area contributed by atoms with E-state index < -0.39 is 5.97 Å². The third-order valence-corrected chi connectivity index (χ3v) is 3.68. The van der Waals surface area contributed by atoms with Crippen LogP contribution in [0.1, 0.15) is 15.9 Å². The predicted octanol–water partition coefficient (Wildman–Crippen LogP) is 4.63. The molecular weight excluding hydrogens is 335 g/mol. The van der Waals surface area contributed by atoms with Crippen LogP contribution in [0.4, 0.5) is 4.39 Å². The zero-order valence-corrected chi connectivity index (χ0v) is 14.1. The van der Waals surface area contributed by atoms with Crippen molar-refractivity contribution in [2.24, 2.45) is 0 Å². The van der Waals surface area contributed by atoms with Crippen molar-refractivity contribution in [3.63, 3.8) is 0 Å². The van der Waals surface area contributed by atoms with Gasteiger partial charge >= 0.3 is 5.97 Å². The van der Waals surface area contributed by atoms with Crippen molar-refractivity contribution in [3.05, 3.63) is 89.7 Å². The predicted molar refractivity (Wildman–Crippen MR) is 95.1 cm³/mol. The van der Waals surface area contributed by atoms with E-state index in [4.69, 9.17) is 14.2 Å². The summed E-state index contributed by atoms with van der Waals surface area (Å²) in [6, 6.07) is 19.6. The molecule has 3 aromatic carbocycles. The van der Waals surface area contributed by atoms with Gasteiger partial charge in [0.05, 0.1) is 12.7 Å². The summed E-state index contributed by atoms with van der Waals surface area (Å²) in [6.07, 6.45) is 0. The Morgan fingerprint density at radius 3 is 2.19 bits per heavy atom. The molecule has 0 atom stereocenters. The number of hydrogen-bond donors (Lipinski definition) is 0. The van der Waals surface area contributed by atoms with Gasteiger partial charge in [-0.15, -0.1) is 0 Å². The fourth-order valence-electron chi connectivity index (χ4n) is 2.30. The normalized spacial score (nSPS) is 10.2. The van der Waals surface area contributed by atoms with Gasteiger partial charge in [0.1, 0.15) is 18.2 Å². The van der Waals surface area contributed by atoms with Crippen molar-refractivity contribution >= 4 is 5.97 Å². The van der Waals surface area contributed by atoms with Gasteiger partial charge in [0.25, 0.3) is 0 Å². The molecule has 0 spiro atoms. The largest absolute Gasteiger partial charge is 0.493 e. The Morgan fingerprint density at radius 2 is 1.54 bits per heavy atom. The Labute approximate surface area is 150 Å². The monoisotopic (exact) mass is 352 g/mol. The van der Waals surface area contributed by atoms with E-state index in [1.807, 2.05) is 24.3 Å². The highest BCUT2D eigenvalue weighted by Gasteiger charge is 2.09. The van der Waals surface area contributed by atoms with Crippen molar-refractivity contribution in [1.29, 1.82) is 0 Å². The van der Waals surface area contributed by atoms with Crippen LogP contribution in [0, 0.1) is 5.82 Å². The van der Waals surface area contributed by atoms with Crippen LogP contribution >= 0.6 is 0 Å². The Kier molecular flexibility index (Phi) is 5.49. The standard InChI is InChI=1S/C21H17FO4/c1-24-19-4-2-3-5-20(19)25-14-15-6-8-16(9-7-15)21(23)26-18-12-10-17(22)11-13-18/h2-13H,14H2,1H3. The maximum atomic E-state index is 12.9. The molecule has 0 aliphatic rings. The zero-order valence-electron chi connectivity index (χ0n) is 14.1. The molecule has 132 valence electrons. The molecule has 0 heterocycles. The van der Waals surface area contributed by atoms with Gasteiger partial charge in [-0.3, -0.25) is 0 Å². The van der Waals surface area contributed by atoms with Gasteiger partial charge in [-0.25, -0.2) is 9.18 Å². The lowest BCUT2D eigenvalue weighted by atomic mass is 10.1. The number of ether oxygens (including phenoxy) is 3. The molecule has 0 N–H and O–H groups in total. The Morgan fingerprint density at radius 1 is 0.885 bits per heavy atom. The minimum absolute atomic E-state index is 0.292. The van der Waals surface area contributed by atoms with Crippen molar-refractivity contribution in [2.45, 2.75) is 6.61 Å². The van der Waals surface area contributed by atoms with E-state index in [2.05, 4.69) is 0 Å². The van der Waals surface area contributed by atoms with Gasteiger partial charge < -0.3 is 14.2 Å². The Balaban J connectivity index is 1.61. The minimum atomic E-state index is -0.506. The summed E-state index contributed by atoms with van der Waals surface area (Å²) in [5.41, 5.74) is 1.30. The molecule has 5 heteroatoms. The van der Waals surface area contributed by atoms with Gasteiger partial charge in [0.2, 0.25) is 0 Å². The van der Waals surface area contributed by atoms with E-state index >= 15 is 0 Å². The molecule has 26 heavy (non-hydrogen) atoms. The molecule has 0 amide bonds. The van der Waals surface area contributed by atoms with E-state index in [9.17, 15) is 9.18 Å². The van der Waals surface area contributed by atoms with Gasteiger partial charge in [0.15, 0.2) is 11.5 Å². The summed E-state index contributed by atoms with van der Waals surface area (Å²) in [7, 11) is 1.59. The number of para-hydroxylation sites is 2. The molecule has 0 bridgehead atoms. The molecular formula is C21H17FO4. The van der Waals surface area contributed by atoms with Crippen LogP contribution in [-0.4, -0.2) is 13.1 Å². The fraction of sp³-hybridized carbons (Fsp3) is 0.0952. The smallest absolute Gasteiger partial charge is 0.343 e. The fourth-order valence-corrected chi connectivity index (χ4v) is 2.30. The van der Waals surface area contributed by atoms with Crippen LogP contribution in [0.2, 0.25) is 0 Å². The van der Waals surface area contributed by atoms with Crippen LogP contribution in [0.15, 0.2) is 72.8 Å². The first-order valence-electron chi connectivity index (χ1n) is 7.98. The first-order valence-corrected chi connectivity index (χ1v) is 7.98. The van der Waals surface area contributed by atoms with Crippen LogP contribution in [0.3, 0.4) is 0 Å². The molecule has 0 fully saturated rings. The van der Waals surface area contributed by atoms with Crippen LogP contribution < -0.4 is 14.2 Å². The maximum Gasteiger partial charge on any atom is 0.343 e. The average molecular weight is 352 g/mol. The molecule has 0 unspecified atom stereocenters. The maximum absolute atomic E-state index is 12.9. The zero-order chi connectivity index (χ0) is 18.4. The first-order chi connectivity index (χ1) is 12.7. The molecule has 0 aromatic heterocycles. The van der Waals surface area contributed by atoms with Crippen molar-refractivity contribution in [2.75, 3.05) is 7.11 Å². The lowest BCUT2D eigenvalue weighted by molar-refractivity contribution is 0.0734. The topological polar surface area (TPSA) is 44.8 Å². The summed E-state index contributed by atoms with van der Waals surface area (Å²) in [4.78, 5) is 12.1. The molecule has 0 saturated carbocycles. The third kappa shape index (κ3) is 4.39. The number of methoxy groups -OCH3 is 1. The van der Waals surface area contributed by atoms with E-state index in [1.54, 1.807) is 31.4 Å². The second-order valence-electron chi connectivity index (χ2n) is 5.48. The quantitative estimate of drug-likeness (QED) is 0.479. The van der Waals surface area contributed by atoms with Gasteiger partial charge in [0, 0.05) is 0 Å². The van der Waals surface area contributed by atoms with Gasteiger partial charge in [-0.1, -0.05) is 24.3 Å². The van der Waals surface area contributed by atoms with Crippen LogP contribution in [0.5, 0.6) is 17.2 Å². The SMILES string of the molecule is COc1ccccc1OCc1ccc(C(=O)Oc2ccc(F)cc2)cc1. The Bertz CT molecular complexity index is 873. The molecule has 0 saturated heterocycles. The lowest BCUT2D eigenvalue weighted by Gasteiger charge is -2.10. The van der Waals surface area contributed by atoms with Crippen molar-refractivity contribution in [3.8, 4) is 17.2 Å². The molecule has 0 radical (unpaired) electrons. The second kappa shape index (κ2) is 8.16. The number of esters is 1. The highest BCUT2D eigenvalue weighted by molar-refractivity contribution is 5.91. The molecule has 3 rings (SSSR count). The number of hydrogen-bond acceptors (Lipinski definition) is 4. The molecule has 3 aromatic rings. The highest BCUT2D eigenvalue weighted by Crippen LogP contribution is 2.26. The summed E-state index contributed by atoms with van der Waals surface area (Å²) in [5, 5.41) is 0. The van der Waals surface area contributed by atoms with Gasteiger partial charge in [-0.05, 0) is 54.1 Å². The summed E-state index contributed by atoms with van der Waals surface area (Å²) >= 11 is 0. The second-order valence-corrected chi connectivity index (χ2v) is 5.48. The van der Waals surface area contributed by atoms with Gasteiger partial charge in [-0.2, -0.15) is 0 Å². The lowest BCUT2D eigenvalue weighted by Crippen LogP contribution is -2.08. The molecule has 0 aliphatic carbocycles. The van der Waals surface area contributed by atoms with Crippen molar-refractivity contribution in [1.82, 2.24) is 0 Å².